The minimum atomic E-state index is -2.55. The molecule has 3 nitrogen and oxygen atoms in total. The van der Waals surface area contributed by atoms with Crippen molar-refractivity contribution >= 4 is 5.69 Å². The van der Waals surface area contributed by atoms with Gasteiger partial charge in [-0.25, -0.2) is 13.8 Å². The number of aromatic nitrogens is 2. The Morgan fingerprint density at radius 3 is 2.82 bits per heavy atom. The second kappa shape index (κ2) is 4.53. The molecule has 1 aromatic carbocycles. The van der Waals surface area contributed by atoms with Gasteiger partial charge < -0.3 is 10.3 Å². The highest BCUT2D eigenvalue weighted by Crippen LogP contribution is 2.28. The zero-order valence-corrected chi connectivity index (χ0v) is 9.40. The van der Waals surface area contributed by atoms with Crippen molar-refractivity contribution in [3.63, 3.8) is 0 Å². The molecule has 90 valence electrons. The lowest BCUT2D eigenvalue weighted by Crippen LogP contribution is -2.04. The molecule has 0 bridgehead atoms. The molecule has 0 atom stereocenters. The van der Waals surface area contributed by atoms with Gasteiger partial charge in [0.05, 0.1) is 5.69 Å². The highest BCUT2D eigenvalue weighted by atomic mass is 19.3. The van der Waals surface area contributed by atoms with Crippen molar-refractivity contribution in [1.82, 2.24) is 9.55 Å². The van der Waals surface area contributed by atoms with E-state index >= 15 is 0 Å². The van der Waals surface area contributed by atoms with Crippen LogP contribution in [0.4, 0.5) is 14.5 Å². The first kappa shape index (κ1) is 11.6. The van der Waals surface area contributed by atoms with Crippen molar-refractivity contribution in [2.75, 3.05) is 5.73 Å². The fourth-order valence-corrected chi connectivity index (χ4v) is 1.78. The van der Waals surface area contributed by atoms with E-state index in [1.807, 2.05) is 6.92 Å². The molecular formula is C12H13F2N3. The average Bonchev–Trinajstić information content (AvgIpc) is 2.76. The van der Waals surface area contributed by atoms with Gasteiger partial charge in [0.25, 0.3) is 6.43 Å². The van der Waals surface area contributed by atoms with Crippen LogP contribution in [0.3, 0.4) is 0 Å². The number of nitrogen functional groups attached to an aromatic ring is 1. The Morgan fingerprint density at radius 1 is 1.41 bits per heavy atom. The Hall–Kier alpha value is -1.91. The summed E-state index contributed by atoms with van der Waals surface area (Å²) in [4.78, 5) is 4.12. The highest BCUT2D eigenvalue weighted by molar-refractivity contribution is 5.52. The van der Waals surface area contributed by atoms with E-state index in [-0.39, 0.29) is 5.56 Å². The van der Waals surface area contributed by atoms with Gasteiger partial charge in [-0.2, -0.15) is 0 Å². The maximum absolute atomic E-state index is 12.9. The van der Waals surface area contributed by atoms with Crippen LogP contribution in [-0.2, 0) is 6.42 Å². The van der Waals surface area contributed by atoms with Gasteiger partial charge in [-0.1, -0.05) is 6.92 Å². The summed E-state index contributed by atoms with van der Waals surface area (Å²) in [5.74, 6) is 0.747. The molecule has 0 radical (unpaired) electrons. The second-order valence-corrected chi connectivity index (χ2v) is 3.69. The van der Waals surface area contributed by atoms with Gasteiger partial charge in [0.2, 0.25) is 0 Å². The van der Waals surface area contributed by atoms with E-state index in [2.05, 4.69) is 4.98 Å². The Kier molecular flexibility index (Phi) is 3.08. The lowest BCUT2D eigenvalue weighted by atomic mass is 10.1. The average molecular weight is 237 g/mol. The van der Waals surface area contributed by atoms with Gasteiger partial charge in [0.1, 0.15) is 5.82 Å². The minimum Gasteiger partial charge on any atom is -0.399 e. The zero-order valence-electron chi connectivity index (χ0n) is 9.40. The van der Waals surface area contributed by atoms with Gasteiger partial charge in [0, 0.05) is 30.1 Å². The van der Waals surface area contributed by atoms with Crippen LogP contribution in [0.15, 0.2) is 30.6 Å². The molecule has 2 N–H and O–H groups in total. The molecule has 0 aliphatic carbocycles. The number of nitrogens with two attached hydrogens (primary N) is 1. The van der Waals surface area contributed by atoms with Gasteiger partial charge in [-0.15, -0.1) is 0 Å². The summed E-state index contributed by atoms with van der Waals surface area (Å²) in [6.07, 6.45) is 1.40. The van der Waals surface area contributed by atoms with Crippen LogP contribution >= 0.6 is 0 Å². The van der Waals surface area contributed by atoms with Crippen LogP contribution in [0.25, 0.3) is 5.69 Å². The molecule has 0 fully saturated rings. The number of hydrogen-bond acceptors (Lipinski definition) is 2. The Labute approximate surface area is 97.9 Å². The molecule has 5 heteroatoms. The number of nitrogens with zero attached hydrogens (tertiary/aromatic N) is 2. The normalized spacial score (nSPS) is 11.1. The lowest BCUT2D eigenvalue weighted by molar-refractivity contribution is 0.151. The predicted octanol–water partition coefficient (Wildman–Crippen LogP) is 2.95. The molecular weight excluding hydrogens is 224 g/mol. The number of benzene rings is 1. The van der Waals surface area contributed by atoms with E-state index in [9.17, 15) is 8.78 Å². The molecule has 0 aliphatic rings. The van der Waals surface area contributed by atoms with E-state index in [4.69, 9.17) is 5.73 Å². The van der Waals surface area contributed by atoms with E-state index in [0.29, 0.717) is 17.8 Å². The van der Waals surface area contributed by atoms with E-state index in [0.717, 1.165) is 5.82 Å². The SMILES string of the molecule is CCc1nccn1-c1ccc(N)cc1C(F)F. The molecule has 0 saturated heterocycles. The lowest BCUT2D eigenvalue weighted by Gasteiger charge is -2.12. The summed E-state index contributed by atoms with van der Waals surface area (Å²) in [5, 5.41) is 0. The maximum Gasteiger partial charge on any atom is 0.265 e. The van der Waals surface area contributed by atoms with Crippen molar-refractivity contribution in [1.29, 1.82) is 0 Å². The largest absolute Gasteiger partial charge is 0.399 e. The second-order valence-electron chi connectivity index (χ2n) is 3.69. The number of halogens is 2. The molecule has 0 aliphatic heterocycles. The van der Waals surface area contributed by atoms with E-state index < -0.39 is 6.43 Å². The van der Waals surface area contributed by atoms with Crippen molar-refractivity contribution in [2.24, 2.45) is 0 Å². The van der Waals surface area contributed by atoms with Crippen LogP contribution in [0.5, 0.6) is 0 Å². The zero-order chi connectivity index (χ0) is 12.4. The summed E-state index contributed by atoms with van der Waals surface area (Å²) >= 11 is 0. The van der Waals surface area contributed by atoms with Crippen LogP contribution < -0.4 is 5.73 Å². The van der Waals surface area contributed by atoms with Crippen molar-refractivity contribution < 1.29 is 8.78 Å². The first-order chi connectivity index (χ1) is 8.13. The van der Waals surface area contributed by atoms with Gasteiger partial charge in [0.15, 0.2) is 0 Å². The molecule has 2 rings (SSSR count). The van der Waals surface area contributed by atoms with Crippen molar-refractivity contribution in [3.8, 4) is 5.69 Å². The Balaban J connectivity index is 2.59. The Bertz CT molecular complexity index is 520. The fourth-order valence-electron chi connectivity index (χ4n) is 1.78. The third-order valence-corrected chi connectivity index (χ3v) is 2.58. The van der Waals surface area contributed by atoms with Crippen LogP contribution in [-0.4, -0.2) is 9.55 Å². The van der Waals surface area contributed by atoms with Crippen molar-refractivity contribution in [3.05, 3.63) is 42.0 Å². The monoisotopic (exact) mass is 237 g/mol. The number of imidazole rings is 1. The summed E-state index contributed by atoms with van der Waals surface area (Å²) < 4.78 is 27.6. The van der Waals surface area contributed by atoms with E-state index in [1.165, 1.54) is 6.07 Å². The summed E-state index contributed by atoms with van der Waals surface area (Å²) in [6.45, 7) is 1.93. The van der Waals surface area contributed by atoms with Crippen molar-refractivity contribution in [2.45, 2.75) is 19.8 Å². The van der Waals surface area contributed by atoms with Gasteiger partial charge >= 0.3 is 0 Å². The molecule has 1 heterocycles. The third-order valence-electron chi connectivity index (χ3n) is 2.58. The highest BCUT2D eigenvalue weighted by Gasteiger charge is 2.16. The fraction of sp³-hybridized carbons (Fsp3) is 0.250. The number of hydrogen-bond donors (Lipinski definition) is 1. The molecule has 0 spiro atoms. The maximum atomic E-state index is 12.9. The number of rotatable bonds is 3. The quantitative estimate of drug-likeness (QED) is 0.834. The van der Waals surface area contributed by atoms with Gasteiger partial charge in [-0.3, -0.25) is 0 Å². The first-order valence-electron chi connectivity index (χ1n) is 5.33. The Morgan fingerprint density at radius 2 is 2.18 bits per heavy atom. The number of aryl methyl sites for hydroxylation is 1. The smallest absolute Gasteiger partial charge is 0.265 e. The summed E-state index contributed by atoms with van der Waals surface area (Å²) in [5.41, 5.74) is 6.23. The first-order valence-corrected chi connectivity index (χ1v) is 5.33. The third kappa shape index (κ3) is 2.13. The van der Waals surface area contributed by atoms with E-state index in [1.54, 1.807) is 29.1 Å². The number of alkyl halides is 2. The minimum absolute atomic E-state index is 0.0716. The topological polar surface area (TPSA) is 43.8 Å². The van der Waals surface area contributed by atoms with Crippen LogP contribution in [0.1, 0.15) is 24.7 Å². The molecule has 2 aromatic rings. The standard InChI is InChI=1S/C12H13F2N3/c1-2-11-16-5-6-17(11)10-4-3-8(15)7-9(10)12(13)14/h3-7,12H,2,15H2,1H3. The summed E-state index contributed by atoms with van der Waals surface area (Å²) in [6, 6.07) is 4.51. The molecule has 1 aromatic heterocycles. The number of anilines is 1. The van der Waals surface area contributed by atoms with Gasteiger partial charge in [-0.05, 0) is 18.2 Å². The molecule has 17 heavy (non-hydrogen) atoms. The summed E-state index contributed by atoms with van der Waals surface area (Å²) in [7, 11) is 0. The van der Waals surface area contributed by atoms with Crippen LogP contribution in [0.2, 0.25) is 0 Å². The molecule has 0 saturated carbocycles. The molecule has 0 amide bonds. The van der Waals surface area contributed by atoms with Crippen LogP contribution in [0, 0.1) is 0 Å². The predicted molar refractivity (Wildman–Crippen MR) is 62.3 cm³/mol. The molecule has 0 unspecified atom stereocenters.